The summed E-state index contributed by atoms with van der Waals surface area (Å²) in [6.07, 6.45) is 1.21. The van der Waals surface area contributed by atoms with Crippen molar-refractivity contribution >= 4 is 5.91 Å². The van der Waals surface area contributed by atoms with E-state index in [0.717, 1.165) is 30.8 Å². The fourth-order valence-corrected chi connectivity index (χ4v) is 2.89. The Morgan fingerprint density at radius 1 is 1.48 bits per heavy atom. The van der Waals surface area contributed by atoms with Gasteiger partial charge < -0.3 is 15.8 Å². The highest BCUT2D eigenvalue weighted by Crippen LogP contribution is 2.27. The molecular weight excluding hydrogens is 290 g/mol. The van der Waals surface area contributed by atoms with Crippen LogP contribution in [0.3, 0.4) is 0 Å². The van der Waals surface area contributed by atoms with Gasteiger partial charge in [-0.3, -0.25) is 9.69 Å². The molecular formula is C18H29N3O2. The van der Waals surface area contributed by atoms with E-state index in [-0.39, 0.29) is 17.4 Å². The Balaban J connectivity index is 1.79. The van der Waals surface area contributed by atoms with E-state index in [1.54, 1.807) is 0 Å². The lowest BCUT2D eigenvalue weighted by Gasteiger charge is -2.22. The second kappa shape index (κ2) is 7.79. The number of nitrogens with two attached hydrogens (primary N) is 1. The van der Waals surface area contributed by atoms with Crippen LogP contribution in [0.2, 0.25) is 0 Å². The quantitative estimate of drug-likeness (QED) is 0.803. The average Bonchev–Trinajstić information content (AvgIpc) is 2.87. The number of likely N-dealkylation sites (tertiary alicyclic amines) is 1. The normalized spacial score (nSPS) is 21.6. The molecule has 1 aliphatic rings. The molecule has 23 heavy (non-hydrogen) atoms. The van der Waals surface area contributed by atoms with Crippen molar-refractivity contribution in [1.82, 2.24) is 10.2 Å². The van der Waals surface area contributed by atoms with Crippen LogP contribution < -0.4 is 15.8 Å². The van der Waals surface area contributed by atoms with Crippen LogP contribution in [0.5, 0.6) is 5.75 Å². The highest BCUT2D eigenvalue weighted by Gasteiger charge is 2.32. The van der Waals surface area contributed by atoms with Gasteiger partial charge in [0.25, 0.3) is 0 Å². The summed E-state index contributed by atoms with van der Waals surface area (Å²) in [6.45, 7) is 9.67. The van der Waals surface area contributed by atoms with Crippen molar-refractivity contribution in [3.63, 3.8) is 0 Å². The largest absolute Gasteiger partial charge is 0.491 e. The van der Waals surface area contributed by atoms with Gasteiger partial charge in [0.05, 0.1) is 12.6 Å². The monoisotopic (exact) mass is 319 g/mol. The molecule has 1 fully saturated rings. The van der Waals surface area contributed by atoms with E-state index in [2.05, 4.69) is 17.1 Å². The van der Waals surface area contributed by atoms with Gasteiger partial charge in [0, 0.05) is 13.1 Å². The maximum absolute atomic E-state index is 12.1. The molecule has 1 aromatic rings. The molecule has 1 aliphatic heterocycles. The van der Waals surface area contributed by atoms with Gasteiger partial charge in [0.2, 0.25) is 5.91 Å². The highest BCUT2D eigenvalue weighted by atomic mass is 16.5. The van der Waals surface area contributed by atoms with Crippen LogP contribution in [0.15, 0.2) is 24.3 Å². The summed E-state index contributed by atoms with van der Waals surface area (Å²) in [5, 5.41) is 2.98. The van der Waals surface area contributed by atoms with E-state index in [1.165, 1.54) is 0 Å². The number of amides is 1. The number of hydrogen-bond donors (Lipinski definition) is 2. The first-order chi connectivity index (χ1) is 10.9. The van der Waals surface area contributed by atoms with Crippen molar-refractivity contribution in [2.24, 2.45) is 11.1 Å². The zero-order valence-electron chi connectivity index (χ0n) is 14.5. The van der Waals surface area contributed by atoms with E-state index >= 15 is 0 Å². The molecule has 1 saturated heterocycles. The molecule has 2 rings (SSSR count). The second-order valence-corrected chi connectivity index (χ2v) is 7.07. The molecule has 0 radical (unpaired) electrons. The van der Waals surface area contributed by atoms with Crippen molar-refractivity contribution in [3.05, 3.63) is 29.8 Å². The van der Waals surface area contributed by atoms with Crippen LogP contribution in [-0.2, 0) is 11.3 Å². The van der Waals surface area contributed by atoms with Gasteiger partial charge in [-0.2, -0.15) is 0 Å². The third-order valence-electron chi connectivity index (χ3n) is 4.26. The molecule has 1 unspecified atom stereocenters. The molecule has 0 bridgehead atoms. The minimum Gasteiger partial charge on any atom is -0.491 e. The summed E-state index contributed by atoms with van der Waals surface area (Å²) in [7, 11) is 0. The molecule has 0 spiro atoms. The molecule has 1 amide bonds. The molecule has 5 nitrogen and oxygen atoms in total. The van der Waals surface area contributed by atoms with Gasteiger partial charge in [-0.05, 0) is 56.5 Å². The number of benzene rings is 1. The maximum Gasteiger partial charge on any atom is 0.234 e. The Labute approximate surface area is 139 Å². The number of ether oxygens (including phenoxy) is 1. The first-order valence-electron chi connectivity index (χ1n) is 8.35. The van der Waals surface area contributed by atoms with E-state index in [4.69, 9.17) is 10.5 Å². The first kappa shape index (κ1) is 17.8. The molecule has 0 aliphatic carbocycles. The predicted molar refractivity (Wildman–Crippen MR) is 92.3 cm³/mol. The molecule has 0 aromatic heterocycles. The van der Waals surface area contributed by atoms with E-state index in [0.29, 0.717) is 19.6 Å². The molecule has 1 atom stereocenters. The smallest absolute Gasteiger partial charge is 0.234 e. The van der Waals surface area contributed by atoms with Crippen molar-refractivity contribution in [2.75, 3.05) is 26.2 Å². The van der Waals surface area contributed by atoms with Crippen LogP contribution >= 0.6 is 0 Å². The van der Waals surface area contributed by atoms with E-state index in [9.17, 15) is 4.79 Å². The summed E-state index contributed by atoms with van der Waals surface area (Å²) in [6, 6.07) is 7.85. The number of carbonyl (C=O) groups excluding carboxylic acids is 1. The number of rotatable bonds is 7. The zero-order valence-corrected chi connectivity index (χ0v) is 14.5. The van der Waals surface area contributed by atoms with Gasteiger partial charge in [-0.15, -0.1) is 0 Å². The predicted octanol–water partition coefficient (Wildman–Crippen LogP) is 1.76. The lowest BCUT2D eigenvalue weighted by atomic mass is 9.90. The molecule has 3 N–H and O–H groups in total. The lowest BCUT2D eigenvalue weighted by Crippen LogP contribution is -2.38. The third kappa shape index (κ3) is 5.52. The minimum absolute atomic E-state index is 0.0569. The van der Waals surface area contributed by atoms with Gasteiger partial charge in [-0.1, -0.05) is 19.1 Å². The van der Waals surface area contributed by atoms with Crippen LogP contribution in [0.4, 0.5) is 0 Å². The lowest BCUT2D eigenvalue weighted by molar-refractivity contribution is -0.122. The second-order valence-electron chi connectivity index (χ2n) is 7.07. The summed E-state index contributed by atoms with van der Waals surface area (Å²) in [5.41, 5.74) is 7.01. The standard InChI is InChI=1S/C18H29N3O2/c1-14(2)23-16-6-4-5-15(9-16)10-20-17(22)11-21-8-7-18(3,12-19)13-21/h4-6,9,14H,7-8,10-13,19H2,1-3H3,(H,20,22). The van der Waals surface area contributed by atoms with Gasteiger partial charge in [-0.25, -0.2) is 0 Å². The van der Waals surface area contributed by atoms with Crippen molar-refractivity contribution < 1.29 is 9.53 Å². The topological polar surface area (TPSA) is 67.6 Å². The Kier molecular flexibility index (Phi) is 6.02. The number of hydrogen-bond acceptors (Lipinski definition) is 4. The highest BCUT2D eigenvalue weighted by molar-refractivity contribution is 5.78. The number of carbonyl (C=O) groups is 1. The van der Waals surface area contributed by atoms with Gasteiger partial charge in [0.1, 0.15) is 5.75 Å². The molecule has 1 heterocycles. The molecule has 5 heteroatoms. The molecule has 128 valence electrons. The Hall–Kier alpha value is -1.59. The Bertz CT molecular complexity index is 533. The van der Waals surface area contributed by atoms with Crippen molar-refractivity contribution in [3.8, 4) is 5.75 Å². The van der Waals surface area contributed by atoms with Crippen LogP contribution in [0, 0.1) is 5.41 Å². The first-order valence-corrected chi connectivity index (χ1v) is 8.35. The average molecular weight is 319 g/mol. The van der Waals surface area contributed by atoms with Crippen LogP contribution in [-0.4, -0.2) is 43.1 Å². The van der Waals surface area contributed by atoms with E-state index in [1.807, 2.05) is 38.1 Å². The number of nitrogens with one attached hydrogen (secondary N) is 1. The Morgan fingerprint density at radius 3 is 2.91 bits per heavy atom. The van der Waals surface area contributed by atoms with Crippen molar-refractivity contribution in [1.29, 1.82) is 0 Å². The van der Waals surface area contributed by atoms with Gasteiger partial charge in [0.15, 0.2) is 0 Å². The third-order valence-corrected chi connectivity index (χ3v) is 4.26. The fraction of sp³-hybridized carbons (Fsp3) is 0.611. The zero-order chi connectivity index (χ0) is 16.9. The fourth-order valence-electron chi connectivity index (χ4n) is 2.89. The van der Waals surface area contributed by atoms with Gasteiger partial charge >= 0.3 is 0 Å². The Morgan fingerprint density at radius 2 is 2.26 bits per heavy atom. The van der Waals surface area contributed by atoms with Crippen molar-refractivity contribution in [2.45, 2.75) is 39.8 Å². The van der Waals surface area contributed by atoms with E-state index < -0.39 is 0 Å². The summed E-state index contributed by atoms with van der Waals surface area (Å²) < 4.78 is 5.67. The summed E-state index contributed by atoms with van der Waals surface area (Å²) in [4.78, 5) is 14.3. The van der Waals surface area contributed by atoms with Crippen LogP contribution in [0.1, 0.15) is 32.8 Å². The minimum atomic E-state index is 0.0569. The maximum atomic E-state index is 12.1. The number of nitrogens with zero attached hydrogens (tertiary/aromatic N) is 1. The molecule has 0 saturated carbocycles. The SMILES string of the molecule is CC(C)Oc1cccc(CNC(=O)CN2CCC(C)(CN)C2)c1. The summed E-state index contributed by atoms with van der Waals surface area (Å²) in [5.74, 6) is 0.895. The molecule has 1 aromatic carbocycles. The summed E-state index contributed by atoms with van der Waals surface area (Å²) >= 11 is 0. The van der Waals surface area contributed by atoms with Crippen LogP contribution in [0.25, 0.3) is 0 Å².